The summed E-state index contributed by atoms with van der Waals surface area (Å²) in [6.45, 7) is 2.53. The molecule has 2 aromatic carbocycles. The van der Waals surface area contributed by atoms with E-state index < -0.39 is 0 Å². The Morgan fingerprint density at radius 1 is 1.04 bits per heavy atom. The van der Waals surface area contributed by atoms with E-state index in [1.165, 1.54) is 0 Å². The summed E-state index contributed by atoms with van der Waals surface area (Å²) in [5, 5.41) is 6.04. The molecule has 0 fully saturated rings. The highest BCUT2D eigenvalue weighted by Gasteiger charge is 2.14. The summed E-state index contributed by atoms with van der Waals surface area (Å²) < 4.78 is 10.5. The molecule has 150 valence electrons. The molecule has 0 saturated carbocycles. The lowest BCUT2D eigenvalue weighted by atomic mass is 10.1. The number of rotatable bonds is 9. The van der Waals surface area contributed by atoms with Crippen molar-refractivity contribution in [3.8, 4) is 11.5 Å². The van der Waals surface area contributed by atoms with Crippen LogP contribution in [0.3, 0.4) is 0 Å². The van der Waals surface area contributed by atoms with E-state index in [1.807, 2.05) is 19.1 Å². The van der Waals surface area contributed by atoms with Crippen molar-refractivity contribution < 1.29 is 19.1 Å². The van der Waals surface area contributed by atoms with Crippen LogP contribution in [-0.4, -0.2) is 32.6 Å². The minimum Gasteiger partial charge on any atom is -0.493 e. The predicted molar refractivity (Wildman–Crippen MR) is 111 cm³/mol. The van der Waals surface area contributed by atoms with Crippen LogP contribution in [0.2, 0.25) is 5.02 Å². The minimum atomic E-state index is -0.242. The van der Waals surface area contributed by atoms with Crippen LogP contribution < -0.4 is 20.1 Å². The molecule has 0 aliphatic rings. The minimum absolute atomic E-state index is 0.207. The fourth-order valence-corrected chi connectivity index (χ4v) is 2.83. The normalized spacial score (nSPS) is 10.3. The first-order chi connectivity index (χ1) is 13.5. The Bertz CT molecular complexity index is 839. The second kappa shape index (κ2) is 10.6. The summed E-state index contributed by atoms with van der Waals surface area (Å²) in [5.74, 6) is 0.804. The first kappa shape index (κ1) is 21.6. The fraction of sp³-hybridized carbons (Fsp3) is 0.333. The lowest BCUT2D eigenvalue weighted by molar-refractivity contribution is -0.116. The van der Waals surface area contributed by atoms with Crippen LogP contribution in [0.15, 0.2) is 36.4 Å². The Morgan fingerprint density at radius 2 is 1.79 bits per heavy atom. The van der Waals surface area contributed by atoms with E-state index in [1.54, 1.807) is 38.5 Å². The molecule has 28 heavy (non-hydrogen) atoms. The molecule has 0 heterocycles. The van der Waals surface area contributed by atoms with Crippen LogP contribution in [0.5, 0.6) is 11.5 Å². The van der Waals surface area contributed by atoms with Gasteiger partial charge in [0.2, 0.25) is 5.91 Å². The van der Waals surface area contributed by atoms with Gasteiger partial charge in [0.05, 0.1) is 25.5 Å². The van der Waals surface area contributed by atoms with E-state index in [2.05, 4.69) is 10.6 Å². The highest BCUT2D eigenvalue weighted by Crippen LogP contribution is 2.28. The molecule has 2 rings (SSSR count). The Kier molecular flexibility index (Phi) is 8.14. The summed E-state index contributed by atoms with van der Waals surface area (Å²) in [6.07, 6.45) is 1.59. The van der Waals surface area contributed by atoms with Crippen molar-refractivity contribution >= 4 is 29.1 Å². The van der Waals surface area contributed by atoms with Crippen molar-refractivity contribution in [2.45, 2.75) is 26.2 Å². The van der Waals surface area contributed by atoms with Gasteiger partial charge in [-0.15, -0.1) is 0 Å². The summed E-state index contributed by atoms with van der Waals surface area (Å²) in [6, 6.07) is 10.3. The summed E-state index contributed by atoms with van der Waals surface area (Å²) >= 11 is 6.04. The highest BCUT2D eigenvalue weighted by molar-refractivity contribution is 6.31. The van der Waals surface area contributed by atoms with Crippen LogP contribution >= 0.6 is 11.6 Å². The van der Waals surface area contributed by atoms with Gasteiger partial charge in [0, 0.05) is 18.0 Å². The van der Waals surface area contributed by atoms with Gasteiger partial charge in [0.25, 0.3) is 5.91 Å². The Labute approximate surface area is 170 Å². The number of carbonyl (C=O) groups is 2. The molecule has 2 aromatic rings. The number of hydrogen-bond acceptors (Lipinski definition) is 4. The number of amides is 2. The first-order valence-corrected chi connectivity index (χ1v) is 9.44. The van der Waals surface area contributed by atoms with Crippen molar-refractivity contribution in [1.29, 1.82) is 0 Å². The van der Waals surface area contributed by atoms with Gasteiger partial charge in [0.15, 0.2) is 11.5 Å². The van der Waals surface area contributed by atoms with Crippen molar-refractivity contribution in [2.24, 2.45) is 0 Å². The van der Waals surface area contributed by atoms with Gasteiger partial charge < -0.3 is 20.1 Å². The maximum Gasteiger partial charge on any atom is 0.253 e. The van der Waals surface area contributed by atoms with Gasteiger partial charge in [-0.05, 0) is 48.7 Å². The largest absolute Gasteiger partial charge is 0.493 e. The van der Waals surface area contributed by atoms with Crippen LogP contribution in [0.1, 0.15) is 35.7 Å². The van der Waals surface area contributed by atoms with Gasteiger partial charge >= 0.3 is 0 Å². The SMILES string of the molecule is CCCNC(=O)c1ccc(Cl)cc1NC(=O)CCc1ccc(OC)c(OC)c1. The van der Waals surface area contributed by atoms with Crippen LogP contribution in [0.25, 0.3) is 0 Å². The second-order valence-electron chi connectivity index (χ2n) is 6.18. The van der Waals surface area contributed by atoms with Crippen LogP contribution in [0.4, 0.5) is 5.69 Å². The van der Waals surface area contributed by atoms with E-state index >= 15 is 0 Å². The van der Waals surface area contributed by atoms with E-state index in [-0.39, 0.29) is 18.2 Å². The predicted octanol–water partition coefficient (Wildman–Crippen LogP) is 4.07. The number of benzene rings is 2. The molecule has 2 N–H and O–H groups in total. The molecule has 6 nitrogen and oxygen atoms in total. The van der Waals surface area contributed by atoms with E-state index in [4.69, 9.17) is 21.1 Å². The van der Waals surface area contributed by atoms with Crippen molar-refractivity contribution in [3.05, 3.63) is 52.5 Å². The zero-order valence-electron chi connectivity index (χ0n) is 16.3. The molecule has 0 atom stereocenters. The first-order valence-electron chi connectivity index (χ1n) is 9.07. The zero-order valence-corrected chi connectivity index (χ0v) is 17.1. The Morgan fingerprint density at radius 3 is 2.46 bits per heavy atom. The van der Waals surface area contributed by atoms with Crippen molar-refractivity contribution in [1.82, 2.24) is 5.32 Å². The third-order valence-electron chi connectivity index (χ3n) is 4.12. The zero-order chi connectivity index (χ0) is 20.5. The molecule has 0 aromatic heterocycles. The Hall–Kier alpha value is -2.73. The number of anilines is 1. The molecular weight excluding hydrogens is 380 g/mol. The molecule has 0 bridgehead atoms. The highest BCUT2D eigenvalue weighted by atomic mass is 35.5. The van der Waals surface area contributed by atoms with Gasteiger partial charge in [-0.2, -0.15) is 0 Å². The van der Waals surface area contributed by atoms with Gasteiger partial charge in [-0.1, -0.05) is 24.6 Å². The quantitative estimate of drug-likeness (QED) is 0.660. The number of nitrogens with one attached hydrogen (secondary N) is 2. The molecule has 0 radical (unpaired) electrons. The van der Waals surface area contributed by atoms with Crippen LogP contribution in [-0.2, 0) is 11.2 Å². The van der Waals surface area contributed by atoms with Crippen LogP contribution in [0, 0.1) is 0 Å². The number of halogens is 1. The summed E-state index contributed by atoms with van der Waals surface area (Å²) in [7, 11) is 3.14. The topological polar surface area (TPSA) is 76.7 Å². The second-order valence-corrected chi connectivity index (χ2v) is 6.62. The molecule has 0 spiro atoms. The van der Waals surface area contributed by atoms with Gasteiger partial charge in [-0.25, -0.2) is 0 Å². The Balaban J connectivity index is 2.05. The van der Waals surface area contributed by atoms with Crippen molar-refractivity contribution in [2.75, 3.05) is 26.1 Å². The monoisotopic (exact) mass is 404 g/mol. The average molecular weight is 405 g/mol. The summed E-state index contributed by atoms with van der Waals surface area (Å²) in [5.41, 5.74) is 1.73. The van der Waals surface area contributed by atoms with E-state index in [0.29, 0.717) is 40.7 Å². The van der Waals surface area contributed by atoms with Crippen molar-refractivity contribution in [3.63, 3.8) is 0 Å². The van der Waals surface area contributed by atoms with E-state index in [9.17, 15) is 9.59 Å². The average Bonchev–Trinajstić information content (AvgIpc) is 2.70. The molecular formula is C21H25ClN2O4. The molecule has 0 aliphatic heterocycles. The number of ether oxygens (including phenoxy) is 2. The molecule has 0 aliphatic carbocycles. The van der Waals surface area contributed by atoms with E-state index in [0.717, 1.165) is 12.0 Å². The number of carbonyl (C=O) groups excluding carboxylic acids is 2. The maximum absolute atomic E-state index is 12.4. The fourth-order valence-electron chi connectivity index (χ4n) is 2.66. The smallest absolute Gasteiger partial charge is 0.253 e. The maximum atomic E-state index is 12.4. The number of hydrogen-bond donors (Lipinski definition) is 2. The lowest BCUT2D eigenvalue weighted by Crippen LogP contribution is -2.25. The number of aryl methyl sites for hydroxylation is 1. The standard InChI is InChI=1S/C21H25ClN2O4/c1-4-11-23-21(26)16-8-7-15(22)13-17(16)24-20(25)10-6-14-5-9-18(27-2)19(12-14)28-3/h5,7-9,12-13H,4,6,10-11H2,1-3H3,(H,23,26)(H,24,25). The van der Waals surface area contributed by atoms with Gasteiger partial charge in [0.1, 0.15) is 0 Å². The lowest BCUT2D eigenvalue weighted by Gasteiger charge is -2.12. The number of methoxy groups -OCH3 is 2. The van der Waals surface area contributed by atoms with Gasteiger partial charge in [-0.3, -0.25) is 9.59 Å². The third kappa shape index (κ3) is 5.89. The molecule has 0 saturated heterocycles. The molecule has 0 unspecified atom stereocenters. The summed E-state index contributed by atoms with van der Waals surface area (Å²) in [4.78, 5) is 24.7. The molecule has 2 amide bonds. The molecule has 7 heteroatoms. The third-order valence-corrected chi connectivity index (χ3v) is 4.36.